The Morgan fingerprint density at radius 2 is 1.80 bits per heavy atom. The standard InChI is InChI=1S/C9H7BrO4S/c10-7-1-3-8(4-2-7)15(13,14)6-5-9(11)12/h1-6H,(H,11,12). The number of rotatable bonds is 3. The molecule has 0 spiro atoms. The Morgan fingerprint density at radius 3 is 2.27 bits per heavy atom. The Labute approximate surface area is 95.3 Å². The van der Waals surface area contributed by atoms with Crippen LogP contribution in [0.5, 0.6) is 0 Å². The van der Waals surface area contributed by atoms with E-state index in [-0.39, 0.29) is 4.90 Å². The van der Waals surface area contributed by atoms with Gasteiger partial charge >= 0.3 is 5.97 Å². The summed E-state index contributed by atoms with van der Waals surface area (Å²) in [6, 6.07) is 5.93. The average molecular weight is 291 g/mol. The van der Waals surface area contributed by atoms with Crippen molar-refractivity contribution in [1.82, 2.24) is 0 Å². The molecule has 1 aromatic carbocycles. The van der Waals surface area contributed by atoms with Crippen LogP contribution in [-0.2, 0) is 14.6 Å². The van der Waals surface area contributed by atoms with Gasteiger partial charge in [0.25, 0.3) is 0 Å². The predicted molar refractivity (Wildman–Crippen MR) is 58.1 cm³/mol. The number of carbonyl (C=O) groups is 1. The molecule has 0 radical (unpaired) electrons. The smallest absolute Gasteiger partial charge is 0.329 e. The largest absolute Gasteiger partial charge is 0.478 e. The lowest BCUT2D eigenvalue weighted by atomic mass is 10.4. The third kappa shape index (κ3) is 3.49. The Morgan fingerprint density at radius 1 is 1.27 bits per heavy atom. The van der Waals surface area contributed by atoms with E-state index in [1.165, 1.54) is 12.1 Å². The summed E-state index contributed by atoms with van der Waals surface area (Å²) < 4.78 is 23.7. The van der Waals surface area contributed by atoms with E-state index in [9.17, 15) is 13.2 Å². The number of sulfone groups is 1. The topological polar surface area (TPSA) is 71.4 Å². The van der Waals surface area contributed by atoms with E-state index in [0.29, 0.717) is 11.5 Å². The second-order valence-corrected chi connectivity index (χ2v) is 5.39. The van der Waals surface area contributed by atoms with E-state index in [0.717, 1.165) is 4.47 Å². The minimum absolute atomic E-state index is 0.0585. The summed E-state index contributed by atoms with van der Waals surface area (Å²) in [5.41, 5.74) is 0. The van der Waals surface area contributed by atoms with Gasteiger partial charge in [-0.3, -0.25) is 0 Å². The molecule has 0 aromatic heterocycles. The summed E-state index contributed by atoms with van der Waals surface area (Å²) in [5.74, 6) is -1.30. The van der Waals surface area contributed by atoms with E-state index in [4.69, 9.17) is 5.11 Å². The van der Waals surface area contributed by atoms with Crippen molar-refractivity contribution in [3.05, 3.63) is 40.2 Å². The minimum atomic E-state index is -3.65. The lowest BCUT2D eigenvalue weighted by Gasteiger charge is -1.97. The van der Waals surface area contributed by atoms with Gasteiger partial charge < -0.3 is 5.11 Å². The molecule has 0 heterocycles. The third-order valence-electron chi connectivity index (χ3n) is 1.53. The van der Waals surface area contributed by atoms with Gasteiger partial charge in [-0.2, -0.15) is 0 Å². The van der Waals surface area contributed by atoms with Crippen molar-refractivity contribution in [1.29, 1.82) is 0 Å². The zero-order valence-electron chi connectivity index (χ0n) is 7.42. The number of carboxylic acid groups (broad SMARTS) is 1. The summed E-state index contributed by atoms with van der Waals surface area (Å²) in [7, 11) is -3.65. The molecule has 0 saturated carbocycles. The van der Waals surface area contributed by atoms with Crippen molar-refractivity contribution >= 4 is 31.7 Å². The van der Waals surface area contributed by atoms with Gasteiger partial charge in [-0.15, -0.1) is 0 Å². The van der Waals surface area contributed by atoms with E-state index in [1.54, 1.807) is 12.1 Å². The molecule has 1 aromatic rings. The molecule has 80 valence electrons. The predicted octanol–water partition coefficient (Wildman–Crippen LogP) is 1.82. The van der Waals surface area contributed by atoms with E-state index in [2.05, 4.69) is 15.9 Å². The van der Waals surface area contributed by atoms with Gasteiger partial charge in [-0.05, 0) is 24.3 Å². The van der Waals surface area contributed by atoms with Crippen LogP contribution in [0.1, 0.15) is 0 Å². The summed E-state index contributed by atoms with van der Waals surface area (Å²) >= 11 is 3.17. The van der Waals surface area contributed by atoms with E-state index >= 15 is 0 Å². The van der Waals surface area contributed by atoms with Crippen LogP contribution in [0.2, 0.25) is 0 Å². The first kappa shape index (κ1) is 11.9. The molecule has 4 nitrogen and oxygen atoms in total. The van der Waals surface area contributed by atoms with Gasteiger partial charge in [-0.25, -0.2) is 13.2 Å². The molecule has 1 rings (SSSR count). The van der Waals surface area contributed by atoms with Gasteiger partial charge in [0.15, 0.2) is 9.84 Å². The van der Waals surface area contributed by atoms with Crippen LogP contribution in [0, 0.1) is 0 Å². The lowest BCUT2D eigenvalue weighted by molar-refractivity contribution is -0.131. The van der Waals surface area contributed by atoms with Crippen molar-refractivity contribution < 1.29 is 18.3 Å². The summed E-state index contributed by atoms with van der Waals surface area (Å²) in [4.78, 5) is 10.2. The van der Waals surface area contributed by atoms with Gasteiger partial charge in [0, 0.05) is 16.0 Å². The van der Waals surface area contributed by atoms with Gasteiger partial charge in [0.2, 0.25) is 0 Å². The first-order chi connectivity index (χ1) is 6.92. The Bertz CT molecular complexity index is 487. The van der Waals surface area contributed by atoms with Crippen molar-refractivity contribution in [2.24, 2.45) is 0 Å². The number of hydrogen-bond donors (Lipinski definition) is 1. The van der Waals surface area contributed by atoms with Crippen LogP contribution in [0.4, 0.5) is 0 Å². The zero-order chi connectivity index (χ0) is 11.5. The highest BCUT2D eigenvalue weighted by molar-refractivity contribution is 9.10. The molecule has 0 bridgehead atoms. The van der Waals surface area contributed by atoms with Gasteiger partial charge in [0.1, 0.15) is 0 Å². The lowest BCUT2D eigenvalue weighted by Crippen LogP contribution is -1.97. The van der Waals surface area contributed by atoms with Crippen LogP contribution in [0.25, 0.3) is 0 Å². The van der Waals surface area contributed by atoms with Crippen molar-refractivity contribution in [2.75, 3.05) is 0 Å². The number of hydrogen-bond acceptors (Lipinski definition) is 3. The van der Waals surface area contributed by atoms with Gasteiger partial charge in [0.05, 0.1) is 4.90 Å². The van der Waals surface area contributed by atoms with Crippen LogP contribution in [-0.4, -0.2) is 19.5 Å². The van der Waals surface area contributed by atoms with E-state index in [1.807, 2.05) is 0 Å². The highest BCUT2D eigenvalue weighted by atomic mass is 79.9. The molecule has 0 aliphatic heterocycles. The molecule has 1 N–H and O–H groups in total. The minimum Gasteiger partial charge on any atom is -0.478 e. The van der Waals surface area contributed by atoms with Crippen molar-refractivity contribution in [3.8, 4) is 0 Å². The maximum absolute atomic E-state index is 11.5. The fourth-order valence-corrected chi connectivity index (χ4v) is 2.08. The summed E-state index contributed by atoms with van der Waals surface area (Å²) in [6.45, 7) is 0. The zero-order valence-corrected chi connectivity index (χ0v) is 9.82. The van der Waals surface area contributed by atoms with Crippen LogP contribution in [0.15, 0.2) is 45.1 Å². The molecular weight excluding hydrogens is 284 g/mol. The number of halogens is 1. The molecule has 6 heteroatoms. The molecule has 0 atom stereocenters. The first-order valence-electron chi connectivity index (χ1n) is 3.83. The van der Waals surface area contributed by atoms with Gasteiger partial charge in [-0.1, -0.05) is 15.9 Å². The molecule has 0 fully saturated rings. The molecular formula is C9H7BrO4S. The van der Waals surface area contributed by atoms with Crippen LogP contribution >= 0.6 is 15.9 Å². The van der Waals surface area contributed by atoms with Crippen molar-refractivity contribution in [2.45, 2.75) is 4.90 Å². The van der Waals surface area contributed by atoms with Crippen molar-refractivity contribution in [3.63, 3.8) is 0 Å². The SMILES string of the molecule is O=C(O)C=CS(=O)(=O)c1ccc(Br)cc1. The maximum Gasteiger partial charge on any atom is 0.329 e. The highest BCUT2D eigenvalue weighted by Gasteiger charge is 2.09. The number of carboxylic acids is 1. The van der Waals surface area contributed by atoms with E-state index < -0.39 is 15.8 Å². The van der Waals surface area contributed by atoms with Crippen LogP contribution in [0.3, 0.4) is 0 Å². The first-order valence-corrected chi connectivity index (χ1v) is 6.17. The Kier molecular flexibility index (Phi) is 3.65. The second kappa shape index (κ2) is 4.59. The molecule has 0 unspecified atom stereocenters. The molecule has 0 aliphatic rings. The maximum atomic E-state index is 11.5. The fraction of sp³-hybridized carbons (Fsp3) is 0. The normalized spacial score (nSPS) is 11.8. The molecule has 0 aliphatic carbocycles. The second-order valence-electron chi connectivity index (χ2n) is 2.64. The highest BCUT2D eigenvalue weighted by Crippen LogP contribution is 2.16. The number of benzene rings is 1. The van der Waals surface area contributed by atoms with Crippen LogP contribution < -0.4 is 0 Å². The Hall–Kier alpha value is -1.14. The fourth-order valence-electron chi connectivity index (χ4n) is 0.851. The monoisotopic (exact) mass is 290 g/mol. The Balaban J connectivity index is 3.07. The third-order valence-corrected chi connectivity index (χ3v) is 3.48. The summed E-state index contributed by atoms with van der Waals surface area (Å²) in [6.07, 6.45) is 0.595. The molecule has 0 saturated heterocycles. The molecule has 15 heavy (non-hydrogen) atoms. The molecule has 0 amide bonds. The average Bonchev–Trinajstić information content (AvgIpc) is 2.16. The summed E-state index contributed by atoms with van der Waals surface area (Å²) in [5, 5.41) is 8.97. The quantitative estimate of drug-likeness (QED) is 0.862. The number of aliphatic carboxylic acids is 1.